The van der Waals surface area contributed by atoms with E-state index >= 15 is 0 Å². The molecule has 2 atom stereocenters. The van der Waals surface area contributed by atoms with Crippen LogP contribution < -0.4 is 0 Å². The average Bonchev–Trinajstić information content (AvgIpc) is 3.00. The van der Waals surface area contributed by atoms with Crippen molar-refractivity contribution in [1.82, 2.24) is 14.7 Å². The smallest absolute Gasteiger partial charge is 0.246 e. The molecule has 0 radical (unpaired) electrons. The quantitative estimate of drug-likeness (QED) is 0.743. The van der Waals surface area contributed by atoms with Crippen LogP contribution in [0, 0.1) is 19.8 Å². The molecular weight excluding hydrogens is 334 g/mol. The Morgan fingerprint density at radius 3 is 2.63 bits per heavy atom. The molecule has 0 unspecified atom stereocenters. The maximum atomic E-state index is 12.9. The molecule has 2 aromatic rings. The molecule has 4 nitrogen and oxygen atoms in total. The highest BCUT2D eigenvalue weighted by atomic mass is 16.2. The lowest BCUT2D eigenvalue weighted by molar-refractivity contribution is -0.132. The molecule has 1 aromatic carbocycles. The highest BCUT2D eigenvalue weighted by Crippen LogP contribution is 2.35. The van der Waals surface area contributed by atoms with Crippen LogP contribution in [-0.4, -0.2) is 33.2 Å². The van der Waals surface area contributed by atoms with Crippen LogP contribution in [0.1, 0.15) is 55.5 Å². The SMILES string of the molecule is Cc1nn(-c2ccccc2)c(C)c1/C=C/C(=O)N1CCC[C@@H]2CCCC[C@H]21. The fourth-order valence-corrected chi connectivity index (χ4v) is 4.87. The number of aromatic nitrogens is 2. The second kappa shape index (κ2) is 7.71. The van der Waals surface area contributed by atoms with Crippen LogP contribution in [0.3, 0.4) is 0 Å². The van der Waals surface area contributed by atoms with Crippen LogP contribution >= 0.6 is 0 Å². The zero-order chi connectivity index (χ0) is 18.8. The van der Waals surface area contributed by atoms with Gasteiger partial charge in [-0.15, -0.1) is 0 Å². The Hall–Kier alpha value is -2.36. The molecule has 0 spiro atoms. The number of aryl methyl sites for hydroxylation is 1. The van der Waals surface area contributed by atoms with Crippen molar-refractivity contribution in [3.05, 3.63) is 53.4 Å². The number of hydrogen-bond donors (Lipinski definition) is 0. The number of rotatable bonds is 3. The summed E-state index contributed by atoms with van der Waals surface area (Å²) in [6.07, 6.45) is 11.2. The lowest BCUT2D eigenvalue weighted by Gasteiger charge is -2.43. The van der Waals surface area contributed by atoms with Gasteiger partial charge in [0, 0.05) is 29.9 Å². The Morgan fingerprint density at radius 2 is 1.81 bits per heavy atom. The molecule has 2 fully saturated rings. The molecule has 1 aromatic heterocycles. The van der Waals surface area contributed by atoms with Crippen molar-refractivity contribution in [2.75, 3.05) is 6.54 Å². The van der Waals surface area contributed by atoms with Crippen molar-refractivity contribution in [1.29, 1.82) is 0 Å². The first-order chi connectivity index (χ1) is 13.1. The molecule has 142 valence electrons. The van der Waals surface area contributed by atoms with Crippen molar-refractivity contribution in [3.63, 3.8) is 0 Å². The first-order valence-electron chi connectivity index (χ1n) is 10.3. The summed E-state index contributed by atoms with van der Waals surface area (Å²) in [6.45, 7) is 4.98. The van der Waals surface area contributed by atoms with Crippen LogP contribution in [0.4, 0.5) is 0 Å². The first-order valence-corrected chi connectivity index (χ1v) is 10.3. The van der Waals surface area contributed by atoms with E-state index in [1.807, 2.05) is 35.9 Å². The third kappa shape index (κ3) is 3.58. The molecule has 1 aliphatic heterocycles. The predicted molar refractivity (Wildman–Crippen MR) is 109 cm³/mol. The number of nitrogens with zero attached hydrogens (tertiary/aromatic N) is 3. The lowest BCUT2D eigenvalue weighted by atomic mass is 9.78. The molecule has 4 heteroatoms. The summed E-state index contributed by atoms with van der Waals surface area (Å²) in [5.41, 5.74) is 4.11. The maximum absolute atomic E-state index is 12.9. The third-order valence-electron chi connectivity index (χ3n) is 6.27. The van der Waals surface area contributed by atoms with E-state index in [4.69, 9.17) is 0 Å². The minimum Gasteiger partial charge on any atom is -0.336 e. The minimum absolute atomic E-state index is 0.165. The molecule has 2 heterocycles. The highest BCUT2D eigenvalue weighted by molar-refractivity contribution is 5.92. The number of amides is 1. The summed E-state index contributed by atoms with van der Waals surface area (Å²) in [7, 11) is 0. The van der Waals surface area contributed by atoms with Crippen molar-refractivity contribution in [2.24, 2.45) is 5.92 Å². The number of benzene rings is 1. The third-order valence-corrected chi connectivity index (χ3v) is 6.27. The molecular formula is C23H29N3O. The minimum atomic E-state index is 0.165. The van der Waals surface area contributed by atoms with Gasteiger partial charge in [0.05, 0.1) is 11.4 Å². The molecule has 1 amide bonds. The number of fused-ring (bicyclic) bond motifs is 1. The zero-order valence-corrected chi connectivity index (χ0v) is 16.4. The van der Waals surface area contributed by atoms with Gasteiger partial charge in [0.2, 0.25) is 5.91 Å². The summed E-state index contributed by atoms with van der Waals surface area (Å²) < 4.78 is 1.96. The summed E-state index contributed by atoms with van der Waals surface area (Å²) in [6, 6.07) is 10.6. The van der Waals surface area contributed by atoms with Gasteiger partial charge in [-0.2, -0.15) is 5.10 Å². The van der Waals surface area contributed by atoms with Gasteiger partial charge in [0.25, 0.3) is 0 Å². The Balaban J connectivity index is 1.54. The normalized spacial score (nSPS) is 22.8. The van der Waals surface area contributed by atoms with Crippen LogP contribution in [-0.2, 0) is 4.79 Å². The Morgan fingerprint density at radius 1 is 1.07 bits per heavy atom. The summed E-state index contributed by atoms with van der Waals surface area (Å²) in [5.74, 6) is 0.881. The van der Waals surface area contributed by atoms with E-state index in [2.05, 4.69) is 29.1 Å². The van der Waals surface area contributed by atoms with Crippen LogP contribution in [0.2, 0.25) is 0 Å². The van der Waals surface area contributed by atoms with E-state index in [-0.39, 0.29) is 5.91 Å². The topological polar surface area (TPSA) is 38.1 Å². The van der Waals surface area contributed by atoms with E-state index < -0.39 is 0 Å². The second-order valence-electron chi connectivity index (χ2n) is 7.95. The molecule has 27 heavy (non-hydrogen) atoms. The second-order valence-corrected chi connectivity index (χ2v) is 7.95. The Labute approximate surface area is 161 Å². The van der Waals surface area contributed by atoms with E-state index in [0.717, 1.165) is 35.6 Å². The standard InChI is InChI=1S/C23H29N3O/c1-17-21(18(2)26(24-17)20-11-4-3-5-12-20)14-15-23(27)25-16-8-10-19-9-6-7-13-22(19)25/h3-5,11-12,14-15,19,22H,6-10,13,16H2,1-2H3/b15-14+/t19-,22+/m0/s1. The van der Waals surface area contributed by atoms with Gasteiger partial charge in [0.1, 0.15) is 0 Å². The maximum Gasteiger partial charge on any atom is 0.246 e. The molecule has 4 rings (SSSR count). The molecule has 1 saturated carbocycles. The van der Waals surface area contributed by atoms with E-state index in [0.29, 0.717) is 12.0 Å². The van der Waals surface area contributed by atoms with Gasteiger partial charge in [-0.1, -0.05) is 31.0 Å². The highest BCUT2D eigenvalue weighted by Gasteiger charge is 2.34. The fourth-order valence-electron chi connectivity index (χ4n) is 4.87. The monoisotopic (exact) mass is 363 g/mol. The number of para-hydroxylation sites is 1. The van der Waals surface area contributed by atoms with Gasteiger partial charge in [0.15, 0.2) is 0 Å². The molecule has 0 bridgehead atoms. The number of carbonyl (C=O) groups is 1. The van der Waals surface area contributed by atoms with Gasteiger partial charge >= 0.3 is 0 Å². The summed E-state index contributed by atoms with van der Waals surface area (Å²) in [5, 5.41) is 4.68. The molecule has 2 aliphatic rings. The molecule has 1 aliphatic carbocycles. The Bertz CT molecular complexity index is 835. The van der Waals surface area contributed by atoms with Gasteiger partial charge in [-0.05, 0) is 63.7 Å². The van der Waals surface area contributed by atoms with Crippen molar-refractivity contribution in [2.45, 2.75) is 58.4 Å². The van der Waals surface area contributed by atoms with Crippen molar-refractivity contribution >= 4 is 12.0 Å². The largest absolute Gasteiger partial charge is 0.336 e. The molecule has 1 saturated heterocycles. The van der Waals surface area contributed by atoms with Gasteiger partial charge in [-0.25, -0.2) is 4.68 Å². The number of likely N-dealkylation sites (tertiary alicyclic amines) is 1. The molecule has 0 N–H and O–H groups in total. The lowest BCUT2D eigenvalue weighted by Crippen LogP contribution is -2.49. The van der Waals surface area contributed by atoms with Crippen LogP contribution in [0.15, 0.2) is 36.4 Å². The number of piperidine rings is 1. The van der Waals surface area contributed by atoms with E-state index in [9.17, 15) is 4.79 Å². The van der Waals surface area contributed by atoms with Gasteiger partial charge < -0.3 is 4.90 Å². The number of hydrogen-bond acceptors (Lipinski definition) is 2. The van der Waals surface area contributed by atoms with Crippen molar-refractivity contribution in [3.8, 4) is 5.69 Å². The summed E-state index contributed by atoms with van der Waals surface area (Å²) in [4.78, 5) is 15.1. The Kier molecular flexibility index (Phi) is 5.15. The van der Waals surface area contributed by atoms with E-state index in [1.54, 1.807) is 6.08 Å². The summed E-state index contributed by atoms with van der Waals surface area (Å²) >= 11 is 0. The van der Waals surface area contributed by atoms with Gasteiger partial charge in [-0.3, -0.25) is 4.79 Å². The predicted octanol–water partition coefficient (Wildman–Crippen LogP) is 4.68. The van der Waals surface area contributed by atoms with Crippen molar-refractivity contribution < 1.29 is 4.79 Å². The first kappa shape index (κ1) is 18.0. The average molecular weight is 364 g/mol. The zero-order valence-electron chi connectivity index (χ0n) is 16.4. The fraction of sp³-hybridized carbons (Fsp3) is 0.478. The van der Waals surface area contributed by atoms with Crippen LogP contribution in [0.25, 0.3) is 11.8 Å². The number of carbonyl (C=O) groups excluding carboxylic acids is 1. The van der Waals surface area contributed by atoms with Crippen LogP contribution in [0.5, 0.6) is 0 Å². The van der Waals surface area contributed by atoms with E-state index in [1.165, 1.54) is 32.1 Å².